The van der Waals surface area contributed by atoms with Gasteiger partial charge in [-0.15, -0.1) is 0 Å². The third-order valence-electron chi connectivity index (χ3n) is 2.59. The molecule has 0 spiro atoms. The Labute approximate surface area is 137 Å². The van der Waals surface area contributed by atoms with Gasteiger partial charge in [-0.25, -0.2) is 9.59 Å². The molecule has 21 heavy (non-hydrogen) atoms. The van der Waals surface area contributed by atoms with Gasteiger partial charge in [0.25, 0.3) is 0 Å². The van der Waals surface area contributed by atoms with E-state index in [4.69, 9.17) is 5.11 Å². The van der Waals surface area contributed by atoms with Crippen LogP contribution in [-0.4, -0.2) is 22.1 Å². The molecule has 6 nitrogen and oxygen atoms in total. The highest BCUT2D eigenvalue weighted by Crippen LogP contribution is 2.26. The second kappa shape index (κ2) is 6.31. The topological polar surface area (TPSA) is 94.2 Å². The number of benzene rings is 1. The smallest absolute Gasteiger partial charge is 0.354 e. The molecule has 0 bridgehead atoms. The Bertz CT molecular complexity index is 713. The first-order valence-electron chi connectivity index (χ1n) is 5.83. The molecule has 1 aromatic heterocycles. The zero-order valence-electron chi connectivity index (χ0n) is 10.8. The minimum absolute atomic E-state index is 0.0579. The molecule has 0 aliphatic carbocycles. The molecule has 0 aliphatic rings. The molecule has 0 aliphatic heterocycles. The molecule has 0 saturated carbocycles. The fourth-order valence-corrected chi connectivity index (χ4v) is 2.87. The average molecular weight is 417 g/mol. The van der Waals surface area contributed by atoms with Crippen LogP contribution in [0, 0.1) is 6.92 Å². The van der Waals surface area contributed by atoms with Crippen LogP contribution in [0.5, 0.6) is 0 Å². The first kappa shape index (κ1) is 15.6. The Hall–Kier alpha value is -1.80. The van der Waals surface area contributed by atoms with Crippen molar-refractivity contribution in [3.8, 4) is 0 Å². The minimum atomic E-state index is -1.14. The van der Waals surface area contributed by atoms with E-state index in [0.717, 1.165) is 4.47 Å². The molecule has 0 atom stereocenters. The lowest BCUT2D eigenvalue weighted by Gasteiger charge is -2.09. The van der Waals surface area contributed by atoms with Crippen LogP contribution in [0.2, 0.25) is 0 Å². The second-order valence-corrected chi connectivity index (χ2v) is 6.02. The lowest BCUT2D eigenvalue weighted by molar-refractivity contribution is 0.0692. The van der Waals surface area contributed by atoms with Gasteiger partial charge in [0.2, 0.25) is 0 Å². The highest BCUT2D eigenvalue weighted by Gasteiger charge is 2.15. The molecule has 0 fully saturated rings. The van der Waals surface area contributed by atoms with Crippen molar-refractivity contribution in [2.24, 2.45) is 0 Å². The fourth-order valence-electron chi connectivity index (χ4n) is 1.72. The van der Waals surface area contributed by atoms with E-state index in [2.05, 4.69) is 47.5 Å². The summed E-state index contributed by atoms with van der Waals surface area (Å²) in [5.74, 6) is -1.14. The van der Waals surface area contributed by atoms with Crippen LogP contribution in [0.4, 0.5) is 16.2 Å². The summed E-state index contributed by atoms with van der Waals surface area (Å²) in [6.45, 7) is 1.71. The van der Waals surface area contributed by atoms with E-state index in [0.29, 0.717) is 15.9 Å². The Kier molecular flexibility index (Phi) is 4.69. The monoisotopic (exact) mass is 415 g/mol. The summed E-state index contributed by atoms with van der Waals surface area (Å²) in [6, 6.07) is 6.32. The summed E-state index contributed by atoms with van der Waals surface area (Å²) in [4.78, 5) is 25.7. The van der Waals surface area contributed by atoms with Crippen LogP contribution in [0.3, 0.4) is 0 Å². The van der Waals surface area contributed by atoms with E-state index >= 15 is 0 Å². The van der Waals surface area contributed by atoms with Crippen molar-refractivity contribution in [1.82, 2.24) is 4.98 Å². The maximum Gasteiger partial charge on any atom is 0.354 e. The molecule has 1 aromatic carbocycles. The molecule has 8 heteroatoms. The molecule has 0 radical (unpaired) electrons. The van der Waals surface area contributed by atoms with E-state index in [1.807, 2.05) is 0 Å². The Morgan fingerprint density at radius 2 is 1.81 bits per heavy atom. The van der Waals surface area contributed by atoms with Crippen LogP contribution in [-0.2, 0) is 0 Å². The summed E-state index contributed by atoms with van der Waals surface area (Å²) in [6.07, 6.45) is 0. The third kappa shape index (κ3) is 3.85. The second-order valence-electron chi connectivity index (χ2n) is 4.25. The van der Waals surface area contributed by atoms with Crippen molar-refractivity contribution >= 4 is 55.2 Å². The van der Waals surface area contributed by atoms with Crippen molar-refractivity contribution in [3.63, 3.8) is 0 Å². The van der Waals surface area contributed by atoms with Gasteiger partial charge in [-0.05, 0) is 47.1 Å². The van der Waals surface area contributed by atoms with Crippen LogP contribution >= 0.6 is 31.9 Å². The van der Waals surface area contributed by atoms with Gasteiger partial charge in [-0.2, -0.15) is 0 Å². The summed E-state index contributed by atoms with van der Waals surface area (Å²) >= 11 is 6.65. The van der Waals surface area contributed by atoms with Crippen molar-refractivity contribution < 1.29 is 14.7 Å². The number of carboxylic acids is 1. The van der Waals surface area contributed by atoms with Crippen molar-refractivity contribution in [2.45, 2.75) is 6.92 Å². The maximum absolute atomic E-state index is 11.9. The van der Waals surface area contributed by atoms with Crippen molar-refractivity contribution in [3.05, 3.63) is 44.6 Å². The van der Waals surface area contributed by atoms with E-state index < -0.39 is 12.0 Å². The highest BCUT2D eigenvalue weighted by atomic mass is 79.9. The number of halogens is 2. The Balaban J connectivity index is 2.13. The van der Waals surface area contributed by atoms with E-state index in [1.54, 1.807) is 31.2 Å². The van der Waals surface area contributed by atoms with Crippen molar-refractivity contribution in [1.29, 1.82) is 0 Å². The summed E-state index contributed by atoms with van der Waals surface area (Å²) in [5.41, 5.74) is 1.37. The summed E-state index contributed by atoms with van der Waals surface area (Å²) < 4.78 is 1.57. The molecule has 0 saturated heterocycles. The predicted octanol–water partition coefficient (Wildman–Crippen LogP) is 4.19. The van der Waals surface area contributed by atoms with E-state index in [9.17, 15) is 9.59 Å². The third-order valence-corrected chi connectivity index (χ3v) is 3.74. The number of carbonyl (C=O) groups excluding carboxylic acids is 1. The number of aromatic nitrogens is 1. The van der Waals surface area contributed by atoms with Crippen LogP contribution in [0.25, 0.3) is 0 Å². The van der Waals surface area contributed by atoms with Gasteiger partial charge in [0, 0.05) is 14.6 Å². The number of H-pyrrole nitrogens is 1. The van der Waals surface area contributed by atoms with Crippen LogP contribution in [0.1, 0.15) is 16.2 Å². The first-order valence-corrected chi connectivity index (χ1v) is 7.41. The van der Waals surface area contributed by atoms with Crippen molar-refractivity contribution in [2.75, 3.05) is 10.6 Å². The lowest BCUT2D eigenvalue weighted by Crippen LogP contribution is -2.20. The molecule has 4 N–H and O–H groups in total. The van der Waals surface area contributed by atoms with E-state index in [1.165, 1.54) is 0 Å². The first-order chi connectivity index (χ1) is 9.86. The number of rotatable bonds is 3. The number of anilines is 2. The van der Waals surface area contributed by atoms with Gasteiger partial charge in [0.1, 0.15) is 5.69 Å². The van der Waals surface area contributed by atoms with Gasteiger partial charge in [0.05, 0.1) is 11.4 Å². The van der Waals surface area contributed by atoms with Gasteiger partial charge in [0.15, 0.2) is 0 Å². The van der Waals surface area contributed by atoms with Gasteiger partial charge >= 0.3 is 12.0 Å². The largest absolute Gasteiger partial charge is 0.477 e. The molecular weight excluding hydrogens is 406 g/mol. The van der Waals surface area contributed by atoms with Gasteiger partial charge < -0.3 is 20.7 Å². The number of carboxylic acid groups (broad SMARTS) is 1. The minimum Gasteiger partial charge on any atom is -0.477 e. The summed E-state index contributed by atoms with van der Waals surface area (Å²) in [7, 11) is 0. The number of hydrogen-bond donors (Lipinski definition) is 4. The molecule has 0 unspecified atom stereocenters. The Morgan fingerprint density at radius 3 is 2.43 bits per heavy atom. The Morgan fingerprint density at radius 1 is 1.14 bits per heavy atom. The quantitative estimate of drug-likeness (QED) is 0.604. The van der Waals surface area contributed by atoms with Crippen LogP contribution < -0.4 is 10.6 Å². The molecule has 2 aromatic rings. The highest BCUT2D eigenvalue weighted by molar-refractivity contribution is 9.11. The maximum atomic E-state index is 11.9. The summed E-state index contributed by atoms with van der Waals surface area (Å²) in [5, 5.41) is 14.2. The number of carbonyl (C=O) groups is 2. The van der Waals surface area contributed by atoms with E-state index in [-0.39, 0.29) is 11.4 Å². The number of hydrogen-bond acceptors (Lipinski definition) is 2. The average Bonchev–Trinajstić information content (AvgIpc) is 2.74. The van der Waals surface area contributed by atoms with Crippen LogP contribution in [0.15, 0.2) is 33.2 Å². The fraction of sp³-hybridized carbons (Fsp3) is 0.0769. The zero-order valence-corrected chi connectivity index (χ0v) is 14.0. The number of urea groups is 1. The molecule has 1 heterocycles. The number of aromatic amines is 1. The molecule has 2 amide bonds. The number of amides is 2. The SMILES string of the molecule is Cc1cc(NC(=O)Nc2ccc(Br)cc2Br)c(C(=O)O)[nH]1. The molecule has 110 valence electrons. The lowest BCUT2D eigenvalue weighted by atomic mass is 10.3. The zero-order chi connectivity index (χ0) is 15.6. The number of aryl methyl sites for hydroxylation is 1. The molecule has 2 rings (SSSR count). The standard InChI is InChI=1S/C13H11Br2N3O3/c1-6-4-10(11(16-6)12(19)20)18-13(21)17-9-3-2-7(14)5-8(9)15/h2-5,16H,1H3,(H,19,20)(H2,17,18,21). The normalized spacial score (nSPS) is 10.2. The predicted molar refractivity (Wildman–Crippen MR) is 87.0 cm³/mol. The van der Waals surface area contributed by atoms with Gasteiger partial charge in [-0.1, -0.05) is 15.9 Å². The van der Waals surface area contributed by atoms with Gasteiger partial charge in [-0.3, -0.25) is 0 Å². The number of nitrogens with one attached hydrogen (secondary N) is 3. The number of aromatic carboxylic acids is 1. The molecular formula is C13H11Br2N3O3.